The predicted octanol–water partition coefficient (Wildman–Crippen LogP) is 3.39. The van der Waals surface area contributed by atoms with Gasteiger partial charge in [0, 0.05) is 9.77 Å². The van der Waals surface area contributed by atoms with Crippen molar-refractivity contribution in [3.63, 3.8) is 0 Å². The lowest BCUT2D eigenvalue weighted by molar-refractivity contribution is -0.276. The maximum atomic E-state index is 12.6. The van der Waals surface area contributed by atoms with E-state index in [1.54, 1.807) is 0 Å². The number of rotatable bonds is 2. The summed E-state index contributed by atoms with van der Waals surface area (Å²) in [5.41, 5.74) is -2.96. The van der Waals surface area contributed by atoms with Gasteiger partial charge in [0.25, 0.3) is 0 Å². The van der Waals surface area contributed by atoms with Crippen molar-refractivity contribution in [1.29, 1.82) is 0 Å². The second-order valence-electron chi connectivity index (χ2n) is 3.20. The average molecular weight is 415 g/mol. The molecule has 1 aromatic heterocycles. The zero-order valence-electron chi connectivity index (χ0n) is 9.40. The van der Waals surface area contributed by atoms with Crippen LogP contribution in [0.5, 0.6) is 5.75 Å². The lowest BCUT2D eigenvalue weighted by Crippen LogP contribution is -2.24. The summed E-state index contributed by atoms with van der Waals surface area (Å²) in [6.45, 7) is 0. The highest BCUT2D eigenvalue weighted by Gasteiger charge is 2.44. The Morgan fingerprint density at radius 1 is 1.25 bits per heavy atom. The van der Waals surface area contributed by atoms with Gasteiger partial charge in [-0.05, 0) is 22.6 Å². The fourth-order valence-electron chi connectivity index (χ4n) is 1.18. The lowest BCUT2D eigenvalue weighted by Gasteiger charge is -2.17. The number of alkyl halides is 6. The Kier molecular flexibility index (Phi) is 4.71. The van der Waals surface area contributed by atoms with Gasteiger partial charge in [0.1, 0.15) is 5.56 Å². The fraction of sp³-hybridized carbons (Fsp3) is 0.333. The van der Waals surface area contributed by atoms with E-state index in [0.29, 0.717) is 6.20 Å². The van der Waals surface area contributed by atoms with Crippen LogP contribution < -0.4 is 4.74 Å². The summed E-state index contributed by atoms with van der Waals surface area (Å²) in [7, 11) is 0.809. The number of pyridine rings is 1. The number of hydrogen-bond donors (Lipinski definition) is 0. The average Bonchev–Trinajstić information content (AvgIpc) is 2.24. The van der Waals surface area contributed by atoms with E-state index < -0.39 is 35.5 Å². The SMILES string of the molecule is COC(=O)c1c(I)cnc(C(F)(F)F)c1OC(F)(F)F. The first-order valence-corrected chi connectivity index (χ1v) is 5.65. The zero-order valence-corrected chi connectivity index (χ0v) is 11.6. The van der Waals surface area contributed by atoms with E-state index in [1.165, 1.54) is 22.6 Å². The van der Waals surface area contributed by atoms with Crippen LogP contribution in [0.3, 0.4) is 0 Å². The summed E-state index contributed by atoms with van der Waals surface area (Å²) in [4.78, 5) is 14.2. The molecule has 1 heterocycles. The molecule has 0 aromatic carbocycles. The fourth-order valence-corrected chi connectivity index (χ4v) is 1.78. The summed E-state index contributed by atoms with van der Waals surface area (Å²) in [6.07, 6.45) is -10.1. The van der Waals surface area contributed by atoms with Crippen LogP contribution in [0.4, 0.5) is 26.3 Å². The van der Waals surface area contributed by atoms with Crippen molar-refractivity contribution in [2.75, 3.05) is 7.11 Å². The van der Waals surface area contributed by atoms with Crippen LogP contribution in [0.2, 0.25) is 0 Å². The highest BCUT2D eigenvalue weighted by Crippen LogP contribution is 2.40. The van der Waals surface area contributed by atoms with Crippen molar-refractivity contribution >= 4 is 28.6 Å². The summed E-state index contributed by atoms with van der Waals surface area (Å²) in [6, 6.07) is 0. The Morgan fingerprint density at radius 3 is 2.20 bits per heavy atom. The first kappa shape index (κ1) is 16.8. The van der Waals surface area contributed by atoms with Gasteiger partial charge in [-0.15, -0.1) is 13.2 Å². The van der Waals surface area contributed by atoms with Crippen LogP contribution in [0, 0.1) is 3.57 Å². The minimum Gasteiger partial charge on any atom is -0.465 e. The molecule has 1 rings (SSSR count). The molecular weight excluding hydrogens is 411 g/mol. The van der Waals surface area contributed by atoms with Crippen LogP contribution in [0.25, 0.3) is 0 Å². The second kappa shape index (κ2) is 5.61. The Bertz CT molecular complexity index is 528. The zero-order chi connectivity index (χ0) is 15.7. The Balaban J connectivity index is 3.60. The summed E-state index contributed by atoms with van der Waals surface area (Å²) < 4.78 is 81.7. The number of aromatic nitrogens is 1. The van der Waals surface area contributed by atoms with Crippen molar-refractivity contribution < 1.29 is 40.6 Å². The van der Waals surface area contributed by atoms with Crippen molar-refractivity contribution in [2.45, 2.75) is 12.5 Å². The third-order valence-electron chi connectivity index (χ3n) is 1.86. The second-order valence-corrected chi connectivity index (χ2v) is 4.36. The van der Waals surface area contributed by atoms with Crippen LogP contribution >= 0.6 is 22.6 Å². The smallest absolute Gasteiger partial charge is 0.465 e. The molecule has 0 radical (unpaired) electrons. The van der Waals surface area contributed by atoms with E-state index in [0.717, 1.165) is 7.11 Å². The van der Waals surface area contributed by atoms with Crippen LogP contribution in [-0.2, 0) is 10.9 Å². The molecule has 0 bridgehead atoms. The molecule has 11 heteroatoms. The molecule has 0 saturated carbocycles. The van der Waals surface area contributed by atoms with Gasteiger partial charge in [-0.25, -0.2) is 9.78 Å². The molecule has 0 N–H and O–H groups in total. The third kappa shape index (κ3) is 3.86. The summed E-state index contributed by atoms with van der Waals surface area (Å²) >= 11 is 1.34. The van der Waals surface area contributed by atoms with Crippen LogP contribution in [-0.4, -0.2) is 24.4 Å². The molecule has 0 amide bonds. The van der Waals surface area contributed by atoms with E-state index in [2.05, 4.69) is 14.5 Å². The molecule has 0 aliphatic heterocycles. The molecule has 0 atom stereocenters. The van der Waals surface area contributed by atoms with Crippen molar-refractivity contribution in [3.8, 4) is 5.75 Å². The van der Waals surface area contributed by atoms with E-state index in [-0.39, 0.29) is 3.57 Å². The standard InChI is InChI=1S/C9H4F6INO3/c1-19-7(18)4-3(16)2-17-6(8(10,11)12)5(4)20-9(13,14)15/h2H,1H3. The number of carbonyl (C=O) groups excluding carboxylic acids is 1. The molecule has 20 heavy (non-hydrogen) atoms. The number of halogens is 7. The molecule has 112 valence electrons. The van der Waals surface area contributed by atoms with E-state index in [9.17, 15) is 31.1 Å². The Morgan fingerprint density at radius 2 is 1.80 bits per heavy atom. The third-order valence-corrected chi connectivity index (χ3v) is 2.68. The normalized spacial score (nSPS) is 12.2. The first-order valence-electron chi connectivity index (χ1n) is 4.57. The van der Waals surface area contributed by atoms with Gasteiger partial charge in [0.05, 0.1) is 7.11 Å². The molecule has 0 spiro atoms. The van der Waals surface area contributed by atoms with Gasteiger partial charge >= 0.3 is 18.5 Å². The summed E-state index contributed by atoms with van der Waals surface area (Å²) in [5, 5.41) is 0. The molecule has 0 aliphatic carbocycles. The number of methoxy groups -OCH3 is 1. The molecule has 0 unspecified atom stereocenters. The largest absolute Gasteiger partial charge is 0.573 e. The van der Waals surface area contributed by atoms with E-state index >= 15 is 0 Å². The number of esters is 1. The maximum Gasteiger partial charge on any atom is 0.573 e. The number of nitrogens with zero attached hydrogens (tertiary/aromatic N) is 1. The topological polar surface area (TPSA) is 48.4 Å². The van der Waals surface area contributed by atoms with Gasteiger partial charge in [0.15, 0.2) is 11.4 Å². The quantitative estimate of drug-likeness (QED) is 0.423. The van der Waals surface area contributed by atoms with Gasteiger partial charge in [-0.1, -0.05) is 0 Å². The first-order chi connectivity index (χ1) is 8.97. The monoisotopic (exact) mass is 415 g/mol. The molecule has 1 aromatic rings. The maximum absolute atomic E-state index is 12.6. The Labute approximate surface area is 121 Å². The molecule has 0 aliphatic rings. The van der Waals surface area contributed by atoms with E-state index in [4.69, 9.17) is 0 Å². The highest BCUT2D eigenvalue weighted by atomic mass is 127. The molecular formula is C9H4F6INO3. The van der Waals surface area contributed by atoms with Gasteiger partial charge in [-0.3, -0.25) is 0 Å². The number of carbonyl (C=O) groups is 1. The molecule has 0 saturated heterocycles. The Hall–Kier alpha value is -1.27. The van der Waals surface area contributed by atoms with E-state index in [1.807, 2.05) is 0 Å². The van der Waals surface area contributed by atoms with Crippen LogP contribution in [0.1, 0.15) is 16.1 Å². The van der Waals surface area contributed by atoms with Crippen molar-refractivity contribution in [3.05, 3.63) is 21.0 Å². The van der Waals surface area contributed by atoms with Gasteiger partial charge < -0.3 is 9.47 Å². The minimum absolute atomic E-state index is 0.276. The van der Waals surface area contributed by atoms with Crippen molar-refractivity contribution in [1.82, 2.24) is 4.98 Å². The predicted molar refractivity (Wildman–Crippen MR) is 60.0 cm³/mol. The molecule has 4 nitrogen and oxygen atoms in total. The number of ether oxygens (including phenoxy) is 2. The van der Waals surface area contributed by atoms with Crippen LogP contribution in [0.15, 0.2) is 6.20 Å². The summed E-state index contributed by atoms with van der Waals surface area (Å²) in [5.74, 6) is -3.13. The van der Waals surface area contributed by atoms with Gasteiger partial charge in [-0.2, -0.15) is 13.2 Å². The molecule has 0 fully saturated rings. The lowest BCUT2D eigenvalue weighted by atomic mass is 10.2. The minimum atomic E-state index is -5.42. The van der Waals surface area contributed by atoms with Gasteiger partial charge in [0.2, 0.25) is 0 Å². The van der Waals surface area contributed by atoms with Crippen molar-refractivity contribution in [2.24, 2.45) is 0 Å². The highest BCUT2D eigenvalue weighted by molar-refractivity contribution is 14.1. The number of hydrogen-bond acceptors (Lipinski definition) is 4.